The quantitative estimate of drug-likeness (QED) is 0.769. The molecule has 0 radical (unpaired) electrons. The highest BCUT2D eigenvalue weighted by molar-refractivity contribution is 5.66. The molecule has 1 N–H and O–H groups in total. The molecule has 0 saturated heterocycles. The van der Waals surface area contributed by atoms with Crippen LogP contribution in [0.1, 0.15) is 36.8 Å². The Morgan fingerprint density at radius 1 is 1.16 bits per heavy atom. The maximum Gasteiger partial charge on any atom is 0.416 e. The van der Waals surface area contributed by atoms with Gasteiger partial charge in [-0.1, -0.05) is 19.1 Å². The van der Waals surface area contributed by atoms with Crippen LogP contribution < -0.4 is 0 Å². The lowest BCUT2D eigenvalue weighted by Gasteiger charge is -2.06. The number of nitrogens with one attached hydrogen (secondary N) is 1. The van der Waals surface area contributed by atoms with Crippen LogP contribution in [-0.4, -0.2) is 20.4 Å². The fourth-order valence-electron chi connectivity index (χ4n) is 2.29. The number of H-pyrrole nitrogens is 1. The van der Waals surface area contributed by atoms with Crippen molar-refractivity contribution in [1.29, 1.82) is 5.26 Å². The zero-order chi connectivity index (χ0) is 18.2. The minimum absolute atomic E-state index is 0.0751. The van der Waals surface area contributed by atoms with Gasteiger partial charge in [-0.05, 0) is 24.3 Å². The summed E-state index contributed by atoms with van der Waals surface area (Å²) in [6, 6.07) is 6.43. The number of hydrogen-bond acceptors (Lipinski definition) is 5. The number of aromatic nitrogens is 4. The molecule has 0 atom stereocenters. The summed E-state index contributed by atoms with van der Waals surface area (Å²) < 4.78 is 43.8. The van der Waals surface area contributed by atoms with Crippen molar-refractivity contribution in [2.75, 3.05) is 0 Å². The number of aromatic amines is 1. The molecule has 0 aliphatic heterocycles. The first-order valence-electron chi connectivity index (χ1n) is 7.31. The fourth-order valence-corrected chi connectivity index (χ4v) is 2.29. The molecule has 9 heteroatoms. The van der Waals surface area contributed by atoms with Gasteiger partial charge in [0, 0.05) is 11.5 Å². The van der Waals surface area contributed by atoms with Crippen LogP contribution in [0.2, 0.25) is 0 Å². The molecule has 3 rings (SSSR count). The maximum atomic E-state index is 12.7. The molecule has 0 bridgehead atoms. The van der Waals surface area contributed by atoms with E-state index in [1.165, 1.54) is 12.1 Å². The number of oxazole rings is 1. The molecule has 0 spiro atoms. The second-order valence-corrected chi connectivity index (χ2v) is 5.61. The molecular formula is C16H12F3N5O. The van der Waals surface area contributed by atoms with Gasteiger partial charge in [-0.2, -0.15) is 18.4 Å². The van der Waals surface area contributed by atoms with Crippen LogP contribution in [0.5, 0.6) is 0 Å². The number of halogens is 3. The average molecular weight is 347 g/mol. The summed E-state index contributed by atoms with van der Waals surface area (Å²) in [7, 11) is 0. The van der Waals surface area contributed by atoms with E-state index in [1.807, 2.05) is 19.9 Å². The molecule has 3 aromatic rings. The Hall–Kier alpha value is -3.15. The second-order valence-electron chi connectivity index (χ2n) is 5.61. The highest BCUT2D eigenvalue weighted by Crippen LogP contribution is 2.35. The van der Waals surface area contributed by atoms with Crippen molar-refractivity contribution in [3.8, 4) is 28.9 Å². The van der Waals surface area contributed by atoms with Crippen LogP contribution in [0.15, 0.2) is 28.7 Å². The van der Waals surface area contributed by atoms with Gasteiger partial charge in [-0.25, -0.2) is 10.1 Å². The van der Waals surface area contributed by atoms with E-state index in [9.17, 15) is 13.2 Å². The molecule has 6 nitrogen and oxygen atoms in total. The number of rotatable bonds is 3. The Balaban J connectivity index is 2.07. The number of alkyl halides is 3. The number of nitriles is 1. The predicted molar refractivity (Wildman–Crippen MR) is 81.1 cm³/mol. The minimum Gasteiger partial charge on any atom is -0.440 e. The van der Waals surface area contributed by atoms with E-state index >= 15 is 0 Å². The van der Waals surface area contributed by atoms with Gasteiger partial charge in [0.05, 0.1) is 5.56 Å². The summed E-state index contributed by atoms with van der Waals surface area (Å²) in [5, 5.41) is 19.0. The van der Waals surface area contributed by atoms with Gasteiger partial charge >= 0.3 is 6.18 Å². The van der Waals surface area contributed by atoms with E-state index in [0.717, 1.165) is 12.1 Å². The molecule has 128 valence electrons. The van der Waals surface area contributed by atoms with Crippen molar-refractivity contribution < 1.29 is 17.6 Å². The molecule has 0 fully saturated rings. The van der Waals surface area contributed by atoms with Crippen LogP contribution >= 0.6 is 0 Å². The summed E-state index contributed by atoms with van der Waals surface area (Å²) in [6.07, 6.45) is -4.41. The molecule has 25 heavy (non-hydrogen) atoms. The first kappa shape index (κ1) is 16.7. The molecular weight excluding hydrogens is 335 g/mol. The van der Waals surface area contributed by atoms with Crippen LogP contribution in [-0.2, 0) is 6.18 Å². The molecule has 0 aliphatic carbocycles. The number of hydrogen-bond donors (Lipinski definition) is 1. The highest BCUT2D eigenvalue weighted by atomic mass is 19.4. The standard InChI is InChI=1S/C16H12F3N5O/c1-8(2)14-13(12-11(7-20)22-24-23-12)21-15(25-14)9-3-5-10(6-4-9)16(17,18)19/h3-6,8H,1-2H3,(H,22,23,24). The van der Waals surface area contributed by atoms with Crippen molar-refractivity contribution >= 4 is 0 Å². The lowest BCUT2D eigenvalue weighted by atomic mass is 10.1. The highest BCUT2D eigenvalue weighted by Gasteiger charge is 2.30. The Bertz CT molecular complexity index is 932. The van der Waals surface area contributed by atoms with E-state index < -0.39 is 11.7 Å². The third kappa shape index (κ3) is 3.10. The van der Waals surface area contributed by atoms with Gasteiger partial charge in [0.1, 0.15) is 17.5 Å². The smallest absolute Gasteiger partial charge is 0.416 e. The Kier molecular flexibility index (Phi) is 4.04. The van der Waals surface area contributed by atoms with Crippen LogP contribution in [0.3, 0.4) is 0 Å². The summed E-state index contributed by atoms with van der Waals surface area (Å²) >= 11 is 0. The summed E-state index contributed by atoms with van der Waals surface area (Å²) in [5.74, 6) is 0.550. The van der Waals surface area contributed by atoms with Gasteiger partial charge in [-0.15, -0.1) is 5.10 Å². The Labute approximate surface area is 140 Å². The monoisotopic (exact) mass is 347 g/mol. The molecule has 2 heterocycles. The summed E-state index contributed by atoms with van der Waals surface area (Å²) in [4.78, 5) is 4.32. The molecule has 0 unspecified atom stereocenters. The largest absolute Gasteiger partial charge is 0.440 e. The summed E-state index contributed by atoms with van der Waals surface area (Å²) in [6.45, 7) is 3.74. The lowest BCUT2D eigenvalue weighted by Crippen LogP contribution is -2.03. The third-order valence-electron chi connectivity index (χ3n) is 3.52. The first-order chi connectivity index (χ1) is 11.8. The molecule has 1 aromatic carbocycles. The first-order valence-corrected chi connectivity index (χ1v) is 7.31. The van der Waals surface area contributed by atoms with E-state index in [1.54, 1.807) is 0 Å². The van der Waals surface area contributed by atoms with Crippen molar-refractivity contribution in [3.63, 3.8) is 0 Å². The van der Waals surface area contributed by atoms with Gasteiger partial charge < -0.3 is 4.42 Å². The van der Waals surface area contributed by atoms with Gasteiger partial charge in [0.25, 0.3) is 0 Å². The van der Waals surface area contributed by atoms with E-state index in [4.69, 9.17) is 9.68 Å². The summed E-state index contributed by atoms with van der Waals surface area (Å²) in [5.41, 5.74) is 0.357. The Morgan fingerprint density at radius 2 is 1.84 bits per heavy atom. The predicted octanol–water partition coefficient (Wildman–Crippen LogP) is 4.14. The zero-order valence-corrected chi connectivity index (χ0v) is 13.2. The number of benzene rings is 1. The topological polar surface area (TPSA) is 91.4 Å². The van der Waals surface area contributed by atoms with Gasteiger partial charge in [-0.3, -0.25) is 0 Å². The van der Waals surface area contributed by atoms with Crippen molar-refractivity contribution in [2.24, 2.45) is 0 Å². The zero-order valence-electron chi connectivity index (χ0n) is 13.2. The lowest BCUT2D eigenvalue weighted by molar-refractivity contribution is -0.137. The van der Waals surface area contributed by atoms with Crippen molar-refractivity contribution in [1.82, 2.24) is 20.4 Å². The Morgan fingerprint density at radius 3 is 2.40 bits per heavy atom. The SMILES string of the molecule is CC(C)c1oc(-c2ccc(C(F)(F)F)cc2)nc1-c1nn[nH]c1C#N. The normalized spacial score (nSPS) is 11.7. The average Bonchev–Trinajstić information content (AvgIpc) is 3.20. The fraction of sp³-hybridized carbons (Fsp3) is 0.250. The van der Waals surface area contributed by atoms with Crippen LogP contribution in [0, 0.1) is 11.3 Å². The van der Waals surface area contributed by atoms with Crippen molar-refractivity contribution in [2.45, 2.75) is 25.9 Å². The van der Waals surface area contributed by atoms with Gasteiger partial charge in [0.15, 0.2) is 11.4 Å². The minimum atomic E-state index is -4.41. The molecule has 2 aromatic heterocycles. The maximum absolute atomic E-state index is 12.7. The van der Waals surface area contributed by atoms with E-state index in [-0.39, 0.29) is 23.2 Å². The van der Waals surface area contributed by atoms with Gasteiger partial charge in [0.2, 0.25) is 5.89 Å². The van der Waals surface area contributed by atoms with E-state index in [0.29, 0.717) is 17.0 Å². The molecule has 0 aliphatic rings. The third-order valence-corrected chi connectivity index (χ3v) is 3.52. The molecule has 0 saturated carbocycles. The molecule has 0 amide bonds. The second kappa shape index (κ2) is 6.05. The number of nitrogens with zero attached hydrogens (tertiary/aromatic N) is 4. The van der Waals surface area contributed by atoms with E-state index in [2.05, 4.69) is 20.4 Å². The van der Waals surface area contributed by atoms with Crippen LogP contribution in [0.25, 0.3) is 22.8 Å². The van der Waals surface area contributed by atoms with Crippen LogP contribution in [0.4, 0.5) is 13.2 Å². The van der Waals surface area contributed by atoms with Crippen molar-refractivity contribution in [3.05, 3.63) is 41.3 Å².